The number of hydrogen-bond donors (Lipinski definition) is 1. The van der Waals surface area contributed by atoms with E-state index in [0.717, 1.165) is 24.2 Å². The third kappa shape index (κ3) is 6.27. The highest BCUT2D eigenvalue weighted by atomic mass is 127. The van der Waals surface area contributed by atoms with Gasteiger partial charge in [-0.3, -0.25) is 14.2 Å². The maximum atomic E-state index is 15.1. The van der Waals surface area contributed by atoms with Crippen molar-refractivity contribution in [1.82, 2.24) is 27.5 Å². The van der Waals surface area contributed by atoms with E-state index in [1.807, 2.05) is 6.92 Å². The summed E-state index contributed by atoms with van der Waals surface area (Å²) in [6, 6.07) is 2.23. The molecule has 1 aromatic carbocycles. The number of aromatic nitrogens is 6. The lowest BCUT2D eigenvalue weighted by Gasteiger charge is -2.31. The van der Waals surface area contributed by atoms with Crippen molar-refractivity contribution < 1.29 is 17.6 Å². The van der Waals surface area contributed by atoms with Crippen LogP contribution in [0.2, 0.25) is 0 Å². The van der Waals surface area contributed by atoms with Crippen molar-refractivity contribution in [2.24, 2.45) is 5.92 Å². The standard InChI is InChI=1S/C26H25F4IN7O2P/c1-13(41)15-8-32-23(33-9-15)17-7-20-18(6-19(17)27)24(39)37(12-34-20)11-14-3-2-4-16(5-14)36-21-10-35-38(31)25(40)22(21)26(28,29)30/h6-10,12-14,16,36H,2-5,11,41H2,1H3/t13?,14-,16+/m1/s1. The second kappa shape index (κ2) is 11.7. The minimum atomic E-state index is -4.84. The molecule has 1 aliphatic rings. The van der Waals surface area contributed by atoms with Crippen LogP contribution in [0.3, 0.4) is 0 Å². The molecule has 1 saturated carbocycles. The van der Waals surface area contributed by atoms with Crippen LogP contribution < -0.4 is 16.4 Å². The first-order valence-corrected chi connectivity index (χ1v) is 14.4. The van der Waals surface area contributed by atoms with E-state index in [4.69, 9.17) is 0 Å². The Morgan fingerprint density at radius 1 is 1.12 bits per heavy atom. The molecule has 0 bridgehead atoms. The first-order chi connectivity index (χ1) is 19.4. The summed E-state index contributed by atoms with van der Waals surface area (Å²) in [5.41, 5.74) is -1.85. The Morgan fingerprint density at radius 2 is 1.85 bits per heavy atom. The van der Waals surface area contributed by atoms with E-state index in [-0.39, 0.29) is 46.6 Å². The summed E-state index contributed by atoms with van der Waals surface area (Å²) in [7, 11) is 2.64. The van der Waals surface area contributed by atoms with Gasteiger partial charge in [0.1, 0.15) is 11.4 Å². The van der Waals surface area contributed by atoms with Gasteiger partial charge in [-0.1, -0.05) is 13.3 Å². The Bertz CT molecular complexity index is 1710. The quantitative estimate of drug-likeness (QED) is 0.164. The number of fused-ring (bicyclic) bond motifs is 1. The molecule has 1 N–H and O–H groups in total. The molecule has 3 aromatic heterocycles. The number of nitrogens with one attached hydrogen (secondary N) is 1. The van der Waals surface area contributed by atoms with Crippen LogP contribution in [-0.4, -0.2) is 33.6 Å². The van der Waals surface area contributed by atoms with Crippen LogP contribution in [0.4, 0.5) is 23.2 Å². The van der Waals surface area contributed by atoms with Crippen LogP contribution in [0, 0.1) is 11.7 Å². The van der Waals surface area contributed by atoms with Crippen LogP contribution in [-0.2, 0) is 12.7 Å². The average Bonchev–Trinajstić information content (AvgIpc) is 2.92. The minimum Gasteiger partial charge on any atom is -0.380 e. The van der Waals surface area contributed by atoms with Crippen LogP contribution >= 0.6 is 32.1 Å². The summed E-state index contributed by atoms with van der Waals surface area (Å²) in [6.07, 6.45) is 3.33. The van der Waals surface area contributed by atoms with Crippen molar-refractivity contribution in [2.45, 2.75) is 57.0 Å². The number of rotatable bonds is 6. The second-order valence-electron chi connectivity index (χ2n) is 10.2. The molecular formula is C26H25F4IN7O2P. The first-order valence-electron chi connectivity index (χ1n) is 12.8. The van der Waals surface area contributed by atoms with Gasteiger partial charge in [0.05, 0.1) is 57.5 Å². The van der Waals surface area contributed by atoms with Crippen molar-refractivity contribution in [2.75, 3.05) is 5.32 Å². The lowest BCUT2D eigenvalue weighted by molar-refractivity contribution is -0.138. The lowest BCUT2D eigenvalue weighted by atomic mass is 9.85. The molecule has 0 aliphatic heterocycles. The summed E-state index contributed by atoms with van der Waals surface area (Å²) in [4.78, 5) is 38.3. The van der Waals surface area contributed by atoms with Gasteiger partial charge in [0.25, 0.3) is 11.1 Å². The van der Waals surface area contributed by atoms with Gasteiger partial charge < -0.3 is 5.32 Å². The van der Waals surface area contributed by atoms with Crippen molar-refractivity contribution in [3.8, 4) is 11.4 Å². The average molecular weight is 701 g/mol. The van der Waals surface area contributed by atoms with Gasteiger partial charge in [-0.05, 0) is 48.5 Å². The van der Waals surface area contributed by atoms with E-state index in [9.17, 15) is 22.8 Å². The van der Waals surface area contributed by atoms with Gasteiger partial charge >= 0.3 is 6.18 Å². The van der Waals surface area contributed by atoms with Gasteiger partial charge in [0.15, 0.2) is 5.82 Å². The van der Waals surface area contributed by atoms with E-state index in [2.05, 4.69) is 34.6 Å². The molecule has 4 atom stereocenters. The molecule has 216 valence electrons. The Morgan fingerprint density at radius 3 is 2.54 bits per heavy atom. The number of alkyl halides is 3. The maximum Gasteiger partial charge on any atom is 0.423 e. The van der Waals surface area contributed by atoms with Gasteiger partial charge in [-0.15, -0.1) is 9.24 Å². The van der Waals surface area contributed by atoms with Crippen LogP contribution in [0.1, 0.15) is 49.4 Å². The summed E-state index contributed by atoms with van der Waals surface area (Å²) in [6.45, 7) is 2.23. The normalized spacial score (nSPS) is 18.4. The number of hydrogen-bond acceptors (Lipinski definition) is 7. The third-order valence-corrected chi connectivity index (χ3v) is 8.24. The van der Waals surface area contributed by atoms with E-state index in [1.165, 1.54) is 39.8 Å². The zero-order chi connectivity index (χ0) is 29.5. The van der Waals surface area contributed by atoms with E-state index >= 15 is 4.39 Å². The monoisotopic (exact) mass is 701 g/mol. The molecular weight excluding hydrogens is 676 g/mol. The van der Waals surface area contributed by atoms with Crippen molar-refractivity contribution >= 4 is 48.7 Å². The highest BCUT2D eigenvalue weighted by molar-refractivity contribution is 14.1. The maximum absolute atomic E-state index is 15.1. The number of anilines is 1. The van der Waals surface area contributed by atoms with E-state index < -0.39 is 28.7 Å². The summed E-state index contributed by atoms with van der Waals surface area (Å²) in [5, 5.41) is 6.69. The van der Waals surface area contributed by atoms with E-state index in [0.29, 0.717) is 27.7 Å². The first kappa shape index (κ1) is 29.5. The molecule has 0 amide bonds. The predicted octanol–water partition coefficient (Wildman–Crippen LogP) is 5.37. The Hall–Kier alpha value is -3.00. The van der Waals surface area contributed by atoms with Crippen molar-refractivity contribution in [1.29, 1.82) is 0 Å². The topological polar surface area (TPSA) is 108 Å². The molecule has 9 nitrogen and oxygen atoms in total. The lowest BCUT2D eigenvalue weighted by Crippen LogP contribution is -2.34. The summed E-state index contributed by atoms with van der Waals surface area (Å²) >= 11 is 1.41. The molecule has 3 heterocycles. The summed E-state index contributed by atoms with van der Waals surface area (Å²) < 4.78 is 57.9. The van der Waals surface area contributed by atoms with Crippen LogP contribution in [0.15, 0.2) is 46.6 Å². The Labute approximate surface area is 247 Å². The molecule has 4 aromatic rings. The van der Waals surface area contributed by atoms with Gasteiger partial charge in [-0.25, -0.2) is 19.3 Å². The second-order valence-corrected chi connectivity index (χ2v) is 12.1. The molecule has 1 fully saturated rings. The van der Waals surface area contributed by atoms with E-state index in [1.54, 1.807) is 12.4 Å². The molecule has 0 radical (unpaired) electrons. The van der Waals surface area contributed by atoms with Crippen LogP contribution in [0.25, 0.3) is 22.3 Å². The van der Waals surface area contributed by atoms with Crippen molar-refractivity contribution in [3.05, 3.63) is 74.7 Å². The van der Waals surface area contributed by atoms with Gasteiger partial charge in [-0.2, -0.15) is 21.2 Å². The molecule has 0 saturated heterocycles. The zero-order valence-corrected chi connectivity index (χ0v) is 25.0. The predicted molar refractivity (Wildman–Crippen MR) is 157 cm³/mol. The van der Waals surface area contributed by atoms with Crippen LogP contribution in [0.5, 0.6) is 0 Å². The van der Waals surface area contributed by atoms with Gasteiger partial charge in [0, 0.05) is 25.0 Å². The third-order valence-electron chi connectivity index (χ3n) is 7.17. The fourth-order valence-corrected chi connectivity index (χ4v) is 5.63. The number of halogens is 5. The fourth-order valence-electron chi connectivity index (χ4n) is 5.09. The molecule has 5 rings (SSSR count). The Balaban J connectivity index is 1.35. The molecule has 1 aliphatic carbocycles. The SMILES string of the molecule is CC(P)c1cnc(-c2cc3ncn(C[C@@H]4CCC[C@H](Nc5cnn(I)c(=O)c5C(F)(F)F)C4)c(=O)c3cc2F)nc1. The minimum absolute atomic E-state index is 0.0550. The molecule has 41 heavy (non-hydrogen) atoms. The van der Waals surface area contributed by atoms with Crippen molar-refractivity contribution in [3.63, 3.8) is 0 Å². The highest BCUT2D eigenvalue weighted by Gasteiger charge is 2.39. The Kier molecular flexibility index (Phi) is 8.42. The van der Waals surface area contributed by atoms with Gasteiger partial charge in [0.2, 0.25) is 0 Å². The number of benzene rings is 1. The smallest absolute Gasteiger partial charge is 0.380 e. The molecule has 0 spiro atoms. The fraction of sp³-hybridized carbons (Fsp3) is 0.385. The molecule has 15 heteroatoms. The zero-order valence-electron chi connectivity index (χ0n) is 21.7. The number of nitrogens with zero attached hydrogens (tertiary/aromatic N) is 6. The highest BCUT2D eigenvalue weighted by Crippen LogP contribution is 2.34. The largest absolute Gasteiger partial charge is 0.423 e. The molecule has 2 unspecified atom stereocenters. The summed E-state index contributed by atoms with van der Waals surface area (Å²) in [5.74, 6) is -0.518.